The van der Waals surface area contributed by atoms with E-state index in [1.54, 1.807) is 0 Å². The van der Waals surface area contributed by atoms with Crippen molar-refractivity contribution in [2.24, 2.45) is 5.92 Å². The SMILES string of the molecule is CC(NCC1CCSC1)c1cccc(Cl)c1Cl. The molecule has 0 amide bonds. The van der Waals surface area contributed by atoms with Crippen molar-refractivity contribution in [3.05, 3.63) is 33.8 Å². The van der Waals surface area contributed by atoms with Crippen LogP contribution in [0.1, 0.15) is 24.9 Å². The topological polar surface area (TPSA) is 12.0 Å². The van der Waals surface area contributed by atoms with Gasteiger partial charge in [-0.2, -0.15) is 11.8 Å². The molecule has 1 heterocycles. The quantitative estimate of drug-likeness (QED) is 0.882. The lowest BCUT2D eigenvalue weighted by molar-refractivity contribution is 0.477. The Morgan fingerprint density at radius 2 is 2.29 bits per heavy atom. The van der Waals surface area contributed by atoms with Crippen molar-refractivity contribution in [3.8, 4) is 0 Å². The Kier molecular flexibility index (Phi) is 5.04. The molecule has 17 heavy (non-hydrogen) atoms. The number of hydrogen-bond donors (Lipinski definition) is 1. The van der Waals surface area contributed by atoms with Gasteiger partial charge in [0.1, 0.15) is 0 Å². The zero-order valence-corrected chi connectivity index (χ0v) is 12.2. The van der Waals surface area contributed by atoms with Crippen LogP contribution in [0.15, 0.2) is 18.2 Å². The van der Waals surface area contributed by atoms with Gasteiger partial charge in [0, 0.05) is 6.04 Å². The summed E-state index contributed by atoms with van der Waals surface area (Å²) in [6, 6.07) is 6.07. The number of halogens is 2. The standard InChI is InChI=1S/C13H17Cl2NS/c1-9(16-7-10-5-6-17-8-10)11-3-2-4-12(14)13(11)15/h2-4,9-10,16H,5-8H2,1H3. The lowest BCUT2D eigenvalue weighted by Crippen LogP contribution is -2.25. The Balaban J connectivity index is 1.94. The molecule has 0 aliphatic carbocycles. The van der Waals surface area contributed by atoms with Gasteiger partial charge in [-0.25, -0.2) is 0 Å². The Morgan fingerprint density at radius 3 is 3.00 bits per heavy atom. The van der Waals surface area contributed by atoms with Gasteiger partial charge >= 0.3 is 0 Å². The smallest absolute Gasteiger partial charge is 0.0639 e. The molecule has 2 unspecified atom stereocenters. The van der Waals surface area contributed by atoms with Gasteiger partial charge in [-0.1, -0.05) is 35.3 Å². The first-order valence-electron chi connectivity index (χ1n) is 5.93. The summed E-state index contributed by atoms with van der Waals surface area (Å²) in [6.07, 6.45) is 1.33. The molecule has 1 nitrogen and oxygen atoms in total. The van der Waals surface area contributed by atoms with Gasteiger partial charge < -0.3 is 5.32 Å². The molecule has 1 aromatic rings. The predicted octanol–water partition coefficient (Wildman–Crippen LogP) is 4.40. The second-order valence-electron chi connectivity index (χ2n) is 4.50. The molecule has 0 radical (unpaired) electrons. The van der Waals surface area contributed by atoms with E-state index in [4.69, 9.17) is 23.2 Å². The summed E-state index contributed by atoms with van der Waals surface area (Å²) in [5, 5.41) is 4.86. The van der Waals surface area contributed by atoms with Crippen LogP contribution in [0.2, 0.25) is 10.0 Å². The molecule has 0 bridgehead atoms. The van der Waals surface area contributed by atoms with Crippen LogP contribution in [0.3, 0.4) is 0 Å². The molecule has 94 valence electrons. The van der Waals surface area contributed by atoms with Gasteiger partial charge in [0.2, 0.25) is 0 Å². The van der Waals surface area contributed by atoms with Crippen LogP contribution >= 0.6 is 35.0 Å². The van der Waals surface area contributed by atoms with Crippen molar-refractivity contribution < 1.29 is 0 Å². The van der Waals surface area contributed by atoms with E-state index in [2.05, 4.69) is 12.2 Å². The van der Waals surface area contributed by atoms with E-state index in [9.17, 15) is 0 Å². The Morgan fingerprint density at radius 1 is 1.47 bits per heavy atom. The lowest BCUT2D eigenvalue weighted by atomic mass is 10.1. The van der Waals surface area contributed by atoms with Gasteiger partial charge in [-0.3, -0.25) is 0 Å². The Hall–Kier alpha value is 0.110. The molecule has 2 atom stereocenters. The Bertz CT molecular complexity index is 378. The summed E-state index contributed by atoms with van der Waals surface area (Å²) in [6.45, 7) is 3.21. The van der Waals surface area contributed by atoms with Crippen LogP contribution in [0.4, 0.5) is 0 Å². The molecular weight excluding hydrogens is 273 g/mol. The van der Waals surface area contributed by atoms with Gasteiger partial charge in [-0.15, -0.1) is 0 Å². The molecule has 1 fully saturated rings. The van der Waals surface area contributed by atoms with Crippen LogP contribution in [0.5, 0.6) is 0 Å². The normalized spacial score (nSPS) is 21.7. The van der Waals surface area contributed by atoms with Crippen LogP contribution in [-0.2, 0) is 0 Å². The fourth-order valence-corrected chi connectivity index (χ4v) is 3.81. The maximum absolute atomic E-state index is 6.21. The summed E-state index contributed by atoms with van der Waals surface area (Å²) in [7, 11) is 0. The number of benzene rings is 1. The molecule has 0 saturated carbocycles. The number of thioether (sulfide) groups is 1. The monoisotopic (exact) mass is 289 g/mol. The van der Waals surface area contributed by atoms with E-state index in [1.807, 2.05) is 30.0 Å². The highest BCUT2D eigenvalue weighted by molar-refractivity contribution is 7.99. The van der Waals surface area contributed by atoms with Gasteiger partial charge in [0.25, 0.3) is 0 Å². The summed E-state index contributed by atoms with van der Waals surface area (Å²) < 4.78 is 0. The van der Waals surface area contributed by atoms with E-state index < -0.39 is 0 Å². The average molecular weight is 290 g/mol. The molecule has 1 aliphatic rings. The summed E-state index contributed by atoms with van der Waals surface area (Å²) in [5.41, 5.74) is 1.09. The summed E-state index contributed by atoms with van der Waals surface area (Å²) in [4.78, 5) is 0. The Labute approximate surface area is 117 Å². The maximum Gasteiger partial charge on any atom is 0.0639 e. The van der Waals surface area contributed by atoms with Crippen LogP contribution < -0.4 is 5.32 Å². The maximum atomic E-state index is 6.21. The molecule has 0 spiro atoms. The van der Waals surface area contributed by atoms with Crippen LogP contribution in [0, 0.1) is 5.92 Å². The zero-order valence-electron chi connectivity index (χ0n) is 9.88. The predicted molar refractivity (Wildman–Crippen MR) is 78.3 cm³/mol. The van der Waals surface area contributed by atoms with Crippen molar-refractivity contribution in [3.63, 3.8) is 0 Å². The molecule has 1 N–H and O–H groups in total. The fraction of sp³-hybridized carbons (Fsp3) is 0.538. The number of hydrogen-bond acceptors (Lipinski definition) is 2. The minimum absolute atomic E-state index is 0.256. The second-order valence-corrected chi connectivity index (χ2v) is 6.44. The van der Waals surface area contributed by atoms with E-state index in [0.717, 1.165) is 18.0 Å². The third-order valence-corrected chi connectivity index (χ3v) is 5.25. The minimum Gasteiger partial charge on any atom is -0.310 e. The molecular formula is C13H17Cl2NS. The lowest BCUT2D eigenvalue weighted by Gasteiger charge is -2.18. The highest BCUT2D eigenvalue weighted by Gasteiger charge is 2.17. The molecule has 1 aromatic carbocycles. The van der Waals surface area contributed by atoms with Gasteiger partial charge in [0.05, 0.1) is 10.0 Å². The molecule has 0 aromatic heterocycles. The van der Waals surface area contributed by atoms with Crippen LogP contribution in [0.25, 0.3) is 0 Å². The molecule has 1 aliphatic heterocycles. The van der Waals surface area contributed by atoms with Crippen molar-refractivity contribution in [2.45, 2.75) is 19.4 Å². The molecule has 4 heteroatoms. The van der Waals surface area contributed by atoms with Crippen molar-refractivity contribution in [1.29, 1.82) is 0 Å². The minimum atomic E-state index is 0.256. The van der Waals surface area contributed by atoms with Gasteiger partial charge in [0.15, 0.2) is 0 Å². The number of rotatable bonds is 4. The summed E-state index contributed by atoms with van der Waals surface area (Å²) in [5.74, 6) is 3.39. The van der Waals surface area contributed by atoms with E-state index in [-0.39, 0.29) is 6.04 Å². The van der Waals surface area contributed by atoms with Crippen molar-refractivity contribution in [2.75, 3.05) is 18.1 Å². The van der Waals surface area contributed by atoms with Gasteiger partial charge in [-0.05, 0) is 48.9 Å². The molecule has 1 saturated heterocycles. The molecule has 2 rings (SSSR count). The summed E-state index contributed by atoms with van der Waals surface area (Å²) >= 11 is 14.3. The van der Waals surface area contributed by atoms with Crippen molar-refractivity contribution in [1.82, 2.24) is 5.32 Å². The highest BCUT2D eigenvalue weighted by Crippen LogP contribution is 2.30. The number of nitrogens with one attached hydrogen (secondary N) is 1. The third-order valence-electron chi connectivity index (χ3n) is 3.18. The zero-order chi connectivity index (χ0) is 12.3. The van der Waals surface area contributed by atoms with Crippen molar-refractivity contribution >= 4 is 35.0 Å². The third kappa shape index (κ3) is 3.54. The fourth-order valence-electron chi connectivity index (χ4n) is 2.05. The average Bonchev–Trinajstić information content (AvgIpc) is 2.82. The van der Waals surface area contributed by atoms with E-state index >= 15 is 0 Å². The highest BCUT2D eigenvalue weighted by atomic mass is 35.5. The van der Waals surface area contributed by atoms with E-state index in [0.29, 0.717) is 10.0 Å². The second kappa shape index (κ2) is 6.33. The first-order valence-corrected chi connectivity index (χ1v) is 7.84. The first-order chi connectivity index (χ1) is 8.18. The largest absolute Gasteiger partial charge is 0.310 e. The van der Waals surface area contributed by atoms with E-state index in [1.165, 1.54) is 17.9 Å². The first kappa shape index (κ1) is 13.5. The van der Waals surface area contributed by atoms with Crippen LogP contribution in [-0.4, -0.2) is 18.1 Å².